The second-order valence-corrected chi connectivity index (χ2v) is 5.63. The number of amides is 1. The van der Waals surface area contributed by atoms with Gasteiger partial charge in [0.2, 0.25) is 5.91 Å². The van der Waals surface area contributed by atoms with E-state index < -0.39 is 0 Å². The van der Waals surface area contributed by atoms with Crippen LogP contribution >= 0.6 is 11.8 Å². The van der Waals surface area contributed by atoms with Crippen LogP contribution in [0.1, 0.15) is 12.8 Å². The van der Waals surface area contributed by atoms with E-state index in [9.17, 15) is 4.79 Å². The molecule has 0 spiro atoms. The molecule has 1 amide bonds. The van der Waals surface area contributed by atoms with Gasteiger partial charge in [0.1, 0.15) is 5.75 Å². The van der Waals surface area contributed by atoms with Gasteiger partial charge in [0.15, 0.2) is 0 Å². The highest BCUT2D eigenvalue weighted by Gasteiger charge is 2.23. The molecular weight excluding hydrogens is 290 g/mol. The molecule has 0 aliphatic heterocycles. The van der Waals surface area contributed by atoms with Crippen molar-refractivity contribution >= 4 is 17.7 Å². The molecule has 0 bridgehead atoms. The van der Waals surface area contributed by atoms with Crippen LogP contribution in [0.5, 0.6) is 5.75 Å². The zero-order valence-corrected chi connectivity index (χ0v) is 12.4. The minimum atomic E-state index is -0.000424. The molecule has 1 heterocycles. The number of hydrogen-bond acceptors (Lipinski definition) is 6. The summed E-state index contributed by atoms with van der Waals surface area (Å²) in [4.78, 5) is 11.6. The second-order valence-electron chi connectivity index (χ2n) is 4.70. The van der Waals surface area contributed by atoms with Gasteiger partial charge in [-0.25, -0.2) is 0 Å². The molecule has 1 aromatic heterocycles. The third-order valence-corrected chi connectivity index (χ3v) is 3.83. The maximum Gasteiger partial charge on any atom is 0.277 e. The third kappa shape index (κ3) is 3.55. The van der Waals surface area contributed by atoms with Crippen molar-refractivity contribution in [2.24, 2.45) is 0 Å². The van der Waals surface area contributed by atoms with Crippen molar-refractivity contribution in [3.8, 4) is 17.2 Å². The molecule has 1 aromatic carbocycles. The Labute approximate surface area is 126 Å². The Hall–Kier alpha value is -2.02. The summed E-state index contributed by atoms with van der Waals surface area (Å²) in [6, 6.07) is 7.79. The third-order valence-electron chi connectivity index (χ3n) is 3.01. The molecule has 0 unspecified atom stereocenters. The number of ether oxygens (including phenoxy) is 1. The Morgan fingerprint density at radius 1 is 1.43 bits per heavy atom. The average Bonchev–Trinajstić information content (AvgIpc) is 3.19. The number of para-hydroxylation sites is 1. The molecule has 6 nitrogen and oxygen atoms in total. The SMILES string of the molecule is COc1ccccc1-c1nnc(SCC(=O)NC2CC2)o1. The van der Waals surface area contributed by atoms with Gasteiger partial charge in [0.05, 0.1) is 18.4 Å². The molecule has 1 aliphatic carbocycles. The van der Waals surface area contributed by atoms with E-state index in [1.807, 2.05) is 24.3 Å². The lowest BCUT2D eigenvalue weighted by Crippen LogP contribution is -2.26. The van der Waals surface area contributed by atoms with Crippen molar-refractivity contribution < 1.29 is 13.9 Å². The van der Waals surface area contributed by atoms with Crippen LogP contribution in [-0.4, -0.2) is 35.0 Å². The van der Waals surface area contributed by atoms with Gasteiger partial charge in [-0.15, -0.1) is 10.2 Å². The predicted molar refractivity (Wildman–Crippen MR) is 78.2 cm³/mol. The van der Waals surface area contributed by atoms with Crippen LogP contribution in [0.25, 0.3) is 11.5 Å². The van der Waals surface area contributed by atoms with Crippen LogP contribution in [0.2, 0.25) is 0 Å². The van der Waals surface area contributed by atoms with Crippen LogP contribution in [0.3, 0.4) is 0 Å². The number of nitrogens with one attached hydrogen (secondary N) is 1. The van der Waals surface area contributed by atoms with Crippen molar-refractivity contribution in [1.29, 1.82) is 0 Å². The fourth-order valence-electron chi connectivity index (χ4n) is 1.82. The second kappa shape index (κ2) is 6.17. The molecule has 1 aliphatic rings. The number of carbonyl (C=O) groups excluding carboxylic acids is 1. The highest BCUT2D eigenvalue weighted by molar-refractivity contribution is 7.99. The average molecular weight is 305 g/mol. The first-order valence-corrected chi connectivity index (χ1v) is 7.64. The Morgan fingerprint density at radius 2 is 2.24 bits per heavy atom. The fourth-order valence-corrected chi connectivity index (χ4v) is 2.40. The first-order chi connectivity index (χ1) is 10.3. The number of methoxy groups -OCH3 is 1. The zero-order chi connectivity index (χ0) is 14.7. The molecule has 1 fully saturated rings. The number of thioether (sulfide) groups is 1. The molecule has 3 rings (SSSR count). The first kappa shape index (κ1) is 13.9. The Kier molecular flexibility index (Phi) is 4.10. The monoisotopic (exact) mass is 305 g/mol. The minimum absolute atomic E-state index is 0.000424. The van der Waals surface area contributed by atoms with Gasteiger partial charge in [0, 0.05) is 6.04 Å². The van der Waals surface area contributed by atoms with Crippen LogP contribution in [-0.2, 0) is 4.79 Å². The summed E-state index contributed by atoms with van der Waals surface area (Å²) in [6.45, 7) is 0. The highest BCUT2D eigenvalue weighted by Crippen LogP contribution is 2.30. The van der Waals surface area contributed by atoms with Crippen LogP contribution < -0.4 is 10.1 Å². The maximum absolute atomic E-state index is 11.6. The number of nitrogens with zero attached hydrogens (tertiary/aromatic N) is 2. The van der Waals surface area contributed by atoms with E-state index in [4.69, 9.17) is 9.15 Å². The summed E-state index contributed by atoms with van der Waals surface area (Å²) in [7, 11) is 1.59. The standard InChI is InChI=1S/C14H15N3O3S/c1-19-11-5-3-2-4-10(11)13-16-17-14(20-13)21-8-12(18)15-9-6-7-9/h2-5,9H,6-8H2,1H3,(H,15,18). The molecule has 21 heavy (non-hydrogen) atoms. The van der Waals surface area contributed by atoms with Crippen molar-refractivity contribution in [2.45, 2.75) is 24.1 Å². The summed E-state index contributed by atoms with van der Waals surface area (Å²) in [5, 5.41) is 11.2. The molecular formula is C14H15N3O3S. The predicted octanol–water partition coefficient (Wildman–Crippen LogP) is 2.12. The van der Waals surface area contributed by atoms with E-state index in [-0.39, 0.29) is 11.7 Å². The summed E-state index contributed by atoms with van der Waals surface area (Å²) < 4.78 is 10.8. The number of benzene rings is 1. The number of aromatic nitrogens is 2. The Balaban J connectivity index is 1.64. The van der Waals surface area contributed by atoms with Crippen LogP contribution in [0, 0.1) is 0 Å². The molecule has 110 valence electrons. The number of carbonyl (C=O) groups is 1. The molecule has 0 radical (unpaired) electrons. The topological polar surface area (TPSA) is 77.2 Å². The van der Waals surface area contributed by atoms with Gasteiger partial charge in [0.25, 0.3) is 11.1 Å². The lowest BCUT2D eigenvalue weighted by Gasteiger charge is -2.03. The molecule has 0 atom stereocenters. The molecule has 0 saturated heterocycles. The quantitative estimate of drug-likeness (QED) is 0.824. The van der Waals surface area contributed by atoms with Gasteiger partial charge >= 0.3 is 0 Å². The van der Waals surface area contributed by atoms with E-state index in [2.05, 4.69) is 15.5 Å². The van der Waals surface area contributed by atoms with Gasteiger partial charge < -0.3 is 14.5 Å². The largest absolute Gasteiger partial charge is 0.496 e. The summed E-state index contributed by atoms with van der Waals surface area (Å²) in [5.41, 5.74) is 0.738. The van der Waals surface area contributed by atoms with Gasteiger partial charge in [-0.1, -0.05) is 23.9 Å². The Bertz CT molecular complexity index is 640. The molecule has 7 heteroatoms. The van der Waals surface area contributed by atoms with E-state index in [1.165, 1.54) is 11.8 Å². The summed E-state index contributed by atoms with van der Waals surface area (Å²) in [6.07, 6.45) is 2.16. The Morgan fingerprint density at radius 3 is 3.00 bits per heavy atom. The molecule has 2 aromatic rings. The summed E-state index contributed by atoms with van der Waals surface area (Å²) >= 11 is 1.23. The van der Waals surface area contributed by atoms with Crippen LogP contribution in [0.15, 0.2) is 33.9 Å². The number of hydrogen-bond donors (Lipinski definition) is 1. The van der Waals surface area contributed by atoms with E-state index in [0.717, 1.165) is 18.4 Å². The zero-order valence-electron chi connectivity index (χ0n) is 11.5. The smallest absolute Gasteiger partial charge is 0.277 e. The van der Waals surface area contributed by atoms with Crippen molar-refractivity contribution in [1.82, 2.24) is 15.5 Å². The van der Waals surface area contributed by atoms with Crippen LogP contribution in [0.4, 0.5) is 0 Å². The lowest BCUT2D eigenvalue weighted by atomic mass is 10.2. The van der Waals surface area contributed by atoms with Gasteiger partial charge in [-0.05, 0) is 25.0 Å². The van der Waals surface area contributed by atoms with Gasteiger partial charge in [-0.2, -0.15) is 0 Å². The van der Waals surface area contributed by atoms with E-state index in [0.29, 0.717) is 22.9 Å². The van der Waals surface area contributed by atoms with E-state index >= 15 is 0 Å². The molecule has 1 N–H and O–H groups in total. The fraction of sp³-hybridized carbons (Fsp3) is 0.357. The highest BCUT2D eigenvalue weighted by atomic mass is 32.2. The van der Waals surface area contributed by atoms with Crippen molar-refractivity contribution in [2.75, 3.05) is 12.9 Å². The van der Waals surface area contributed by atoms with E-state index in [1.54, 1.807) is 7.11 Å². The van der Waals surface area contributed by atoms with Gasteiger partial charge in [-0.3, -0.25) is 4.79 Å². The normalized spacial score (nSPS) is 14.0. The minimum Gasteiger partial charge on any atom is -0.496 e. The van der Waals surface area contributed by atoms with Crippen molar-refractivity contribution in [3.63, 3.8) is 0 Å². The number of rotatable bonds is 6. The maximum atomic E-state index is 11.6. The summed E-state index contributed by atoms with van der Waals surface area (Å²) in [5.74, 6) is 1.34. The molecule has 1 saturated carbocycles. The lowest BCUT2D eigenvalue weighted by molar-refractivity contribution is -0.118. The van der Waals surface area contributed by atoms with Crippen molar-refractivity contribution in [3.05, 3.63) is 24.3 Å². The first-order valence-electron chi connectivity index (χ1n) is 6.65.